The standard InChI is InChI=1S/C34H37NO5/c1-2-3-4-7-25-11-13-27(14-12-25)24-40-30-19-16-26(17-20-30)15-18-28-8-5-9-31-34(28)29(22-33(38)39)23-35(31)21-6-10-32(36)37/h5,8-9,11-20,23H,2-4,6-7,10,21-22,24H2,1H3,(H,36,37)(H,38,39). The van der Waals surface area contributed by atoms with Crippen molar-refractivity contribution in [3.8, 4) is 5.75 Å². The quantitative estimate of drug-likeness (QED) is 0.120. The zero-order valence-electron chi connectivity index (χ0n) is 23.0. The zero-order valence-corrected chi connectivity index (χ0v) is 23.0. The topological polar surface area (TPSA) is 88.8 Å². The van der Waals surface area contributed by atoms with E-state index >= 15 is 0 Å². The highest BCUT2D eigenvalue weighted by Crippen LogP contribution is 2.28. The molecule has 0 aliphatic heterocycles. The second-order valence-electron chi connectivity index (χ2n) is 10.1. The number of carboxylic acids is 2. The molecule has 6 nitrogen and oxygen atoms in total. The number of nitrogens with zero attached hydrogens (tertiary/aromatic N) is 1. The summed E-state index contributed by atoms with van der Waals surface area (Å²) in [5.41, 5.74) is 6.06. The van der Waals surface area contributed by atoms with Crippen molar-refractivity contribution in [2.45, 2.75) is 65.0 Å². The fourth-order valence-electron chi connectivity index (χ4n) is 4.90. The molecule has 0 saturated heterocycles. The van der Waals surface area contributed by atoms with Gasteiger partial charge in [-0.05, 0) is 65.3 Å². The number of fused-ring (bicyclic) bond motifs is 1. The van der Waals surface area contributed by atoms with Crippen molar-refractivity contribution in [2.75, 3.05) is 0 Å². The van der Waals surface area contributed by atoms with Gasteiger partial charge in [0.05, 0.1) is 6.42 Å². The van der Waals surface area contributed by atoms with Gasteiger partial charge < -0.3 is 19.5 Å². The molecule has 208 valence electrons. The number of carbonyl (C=O) groups is 2. The Labute approximate surface area is 235 Å². The molecule has 3 aromatic carbocycles. The van der Waals surface area contributed by atoms with Gasteiger partial charge in [-0.1, -0.05) is 80.4 Å². The summed E-state index contributed by atoms with van der Waals surface area (Å²) in [6.45, 7) is 3.25. The van der Waals surface area contributed by atoms with Gasteiger partial charge in [-0.25, -0.2) is 0 Å². The molecular weight excluding hydrogens is 502 g/mol. The largest absolute Gasteiger partial charge is 0.489 e. The zero-order chi connectivity index (χ0) is 28.3. The number of hydrogen-bond donors (Lipinski definition) is 2. The van der Waals surface area contributed by atoms with Crippen LogP contribution in [0.5, 0.6) is 5.75 Å². The summed E-state index contributed by atoms with van der Waals surface area (Å²) in [7, 11) is 0. The van der Waals surface area contributed by atoms with Crippen LogP contribution in [-0.4, -0.2) is 26.7 Å². The first-order valence-corrected chi connectivity index (χ1v) is 14.0. The predicted molar refractivity (Wildman–Crippen MR) is 160 cm³/mol. The Bertz CT molecular complexity index is 1450. The molecule has 1 heterocycles. The number of carboxylic acid groups (broad SMARTS) is 2. The third-order valence-corrected chi connectivity index (χ3v) is 6.98. The van der Waals surface area contributed by atoms with Crippen LogP contribution in [0.25, 0.3) is 23.1 Å². The molecule has 0 atom stereocenters. The Morgan fingerprint density at radius 2 is 1.60 bits per heavy atom. The van der Waals surface area contributed by atoms with E-state index in [0.717, 1.165) is 45.3 Å². The van der Waals surface area contributed by atoms with Crippen LogP contribution < -0.4 is 4.74 Å². The maximum Gasteiger partial charge on any atom is 0.307 e. The lowest BCUT2D eigenvalue weighted by atomic mass is 10.0. The molecule has 0 spiro atoms. The van der Waals surface area contributed by atoms with E-state index in [-0.39, 0.29) is 12.8 Å². The van der Waals surface area contributed by atoms with Gasteiger partial charge in [0.2, 0.25) is 0 Å². The highest BCUT2D eigenvalue weighted by atomic mass is 16.5. The number of aromatic nitrogens is 1. The van der Waals surface area contributed by atoms with Gasteiger partial charge in [-0.3, -0.25) is 9.59 Å². The van der Waals surface area contributed by atoms with Crippen LogP contribution in [0, 0.1) is 0 Å². The number of ether oxygens (including phenoxy) is 1. The summed E-state index contributed by atoms with van der Waals surface area (Å²) in [6, 6.07) is 22.4. The van der Waals surface area contributed by atoms with Gasteiger partial charge in [0.25, 0.3) is 0 Å². The van der Waals surface area contributed by atoms with Gasteiger partial charge in [-0.2, -0.15) is 0 Å². The van der Waals surface area contributed by atoms with Crippen molar-refractivity contribution in [1.82, 2.24) is 4.57 Å². The highest BCUT2D eigenvalue weighted by molar-refractivity contribution is 5.96. The lowest BCUT2D eigenvalue weighted by molar-refractivity contribution is -0.137. The molecule has 0 fully saturated rings. The van der Waals surface area contributed by atoms with Crippen LogP contribution in [0.15, 0.2) is 72.9 Å². The summed E-state index contributed by atoms with van der Waals surface area (Å²) in [4.78, 5) is 22.5. The normalized spacial score (nSPS) is 11.3. The molecule has 1 aromatic heterocycles. The van der Waals surface area contributed by atoms with Crippen molar-refractivity contribution in [3.05, 3.63) is 101 Å². The Morgan fingerprint density at radius 1 is 0.850 bits per heavy atom. The summed E-state index contributed by atoms with van der Waals surface area (Å²) >= 11 is 0. The molecule has 0 bridgehead atoms. The lowest BCUT2D eigenvalue weighted by Crippen LogP contribution is -2.01. The smallest absolute Gasteiger partial charge is 0.307 e. The van der Waals surface area contributed by atoms with E-state index in [1.54, 1.807) is 0 Å². The van der Waals surface area contributed by atoms with Gasteiger partial charge in [0.15, 0.2) is 0 Å². The number of aryl methyl sites for hydroxylation is 2. The average molecular weight is 540 g/mol. The minimum Gasteiger partial charge on any atom is -0.489 e. The molecule has 0 radical (unpaired) electrons. The van der Waals surface area contributed by atoms with E-state index in [2.05, 4.69) is 31.2 Å². The fraction of sp³-hybridized carbons (Fsp3) is 0.294. The average Bonchev–Trinajstić information content (AvgIpc) is 3.29. The van der Waals surface area contributed by atoms with Gasteiger partial charge >= 0.3 is 11.9 Å². The number of aliphatic carboxylic acids is 2. The maximum absolute atomic E-state index is 11.5. The van der Waals surface area contributed by atoms with Crippen LogP contribution in [-0.2, 0) is 35.6 Å². The van der Waals surface area contributed by atoms with Crippen LogP contribution in [0.3, 0.4) is 0 Å². The lowest BCUT2D eigenvalue weighted by Gasteiger charge is -2.08. The number of unbranched alkanes of at least 4 members (excludes halogenated alkanes) is 2. The van der Waals surface area contributed by atoms with E-state index in [1.807, 2.05) is 65.4 Å². The van der Waals surface area contributed by atoms with Crippen molar-refractivity contribution >= 4 is 35.0 Å². The van der Waals surface area contributed by atoms with Crippen molar-refractivity contribution in [3.63, 3.8) is 0 Å². The second-order valence-corrected chi connectivity index (χ2v) is 10.1. The Balaban J connectivity index is 1.43. The van der Waals surface area contributed by atoms with E-state index < -0.39 is 11.9 Å². The van der Waals surface area contributed by atoms with Gasteiger partial charge in [0, 0.05) is 30.1 Å². The summed E-state index contributed by atoms with van der Waals surface area (Å²) in [5, 5.41) is 19.3. The van der Waals surface area contributed by atoms with E-state index in [0.29, 0.717) is 19.6 Å². The molecular formula is C34H37NO5. The van der Waals surface area contributed by atoms with Crippen molar-refractivity contribution < 1.29 is 24.5 Å². The van der Waals surface area contributed by atoms with Crippen LogP contribution in [0.4, 0.5) is 0 Å². The third kappa shape index (κ3) is 8.09. The molecule has 4 rings (SSSR count). The second kappa shape index (κ2) is 14.2. The Morgan fingerprint density at radius 3 is 2.30 bits per heavy atom. The molecule has 40 heavy (non-hydrogen) atoms. The summed E-state index contributed by atoms with van der Waals surface area (Å²) in [6.07, 6.45) is 11.1. The van der Waals surface area contributed by atoms with Crippen LogP contribution >= 0.6 is 0 Å². The summed E-state index contributed by atoms with van der Waals surface area (Å²) in [5.74, 6) is -0.940. The highest BCUT2D eigenvalue weighted by Gasteiger charge is 2.14. The number of rotatable bonds is 15. The molecule has 0 aliphatic rings. The van der Waals surface area contributed by atoms with Crippen LogP contribution in [0.2, 0.25) is 0 Å². The Hall–Kier alpha value is -4.32. The van der Waals surface area contributed by atoms with Gasteiger partial charge in [0.1, 0.15) is 12.4 Å². The molecule has 0 amide bonds. The predicted octanol–water partition coefficient (Wildman–Crippen LogP) is 7.62. The fourth-order valence-corrected chi connectivity index (χ4v) is 4.90. The monoisotopic (exact) mass is 539 g/mol. The third-order valence-electron chi connectivity index (χ3n) is 6.98. The van der Waals surface area contributed by atoms with Crippen LogP contribution in [0.1, 0.15) is 66.8 Å². The molecule has 2 N–H and O–H groups in total. The Kier molecular flexibility index (Phi) is 10.2. The first-order chi connectivity index (χ1) is 19.4. The van der Waals surface area contributed by atoms with Crippen molar-refractivity contribution in [2.24, 2.45) is 0 Å². The minimum absolute atomic E-state index is 0.0681. The molecule has 0 saturated carbocycles. The molecule has 4 aromatic rings. The molecule has 6 heteroatoms. The van der Waals surface area contributed by atoms with E-state index in [1.165, 1.54) is 24.8 Å². The SMILES string of the molecule is CCCCCc1ccc(COc2ccc(C=Cc3cccc4c3c(CC(=O)O)cn4CCCC(=O)O)cc2)cc1. The van der Waals surface area contributed by atoms with E-state index in [4.69, 9.17) is 9.84 Å². The first kappa shape index (κ1) is 28.7. The number of hydrogen-bond acceptors (Lipinski definition) is 3. The first-order valence-electron chi connectivity index (χ1n) is 14.0. The van der Waals surface area contributed by atoms with Gasteiger partial charge in [-0.15, -0.1) is 0 Å². The maximum atomic E-state index is 11.5. The molecule has 0 unspecified atom stereocenters. The number of benzene rings is 3. The van der Waals surface area contributed by atoms with Crippen molar-refractivity contribution in [1.29, 1.82) is 0 Å². The minimum atomic E-state index is -0.901. The van der Waals surface area contributed by atoms with E-state index in [9.17, 15) is 14.7 Å². The summed E-state index contributed by atoms with van der Waals surface area (Å²) < 4.78 is 7.95. The molecule has 0 aliphatic carbocycles.